The molecule has 2 bridgehead atoms. The van der Waals surface area contributed by atoms with Crippen molar-refractivity contribution < 1.29 is 24.2 Å². The van der Waals surface area contributed by atoms with E-state index >= 15 is 0 Å². The summed E-state index contributed by atoms with van der Waals surface area (Å²) >= 11 is 3.10. The van der Waals surface area contributed by atoms with Crippen LogP contribution in [0.2, 0.25) is 0 Å². The average molecular weight is 390 g/mol. The molecular weight excluding hydrogens is 362 g/mol. The standard InChI is InChI=1S/C17H27NO5S2/c19-15-6-2-1-3-7-24-8-4-5-12-9-13(22-15)10-17(21,23-12)14-11-25-16(20)18-14/h12-14,21H,1-11H2,(H,18,20)/t12-,13?,14?,17?/m1/s1. The Balaban J connectivity index is 1.68. The first-order chi connectivity index (χ1) is 12.0. The van der Waals surface area contributed by atoms with Crippen LogP contribution in [0.5, 0.6) is 0 Å². The molecule has 0 saturated carbocycles. The molecule has 142 valence electrons. The first kappa shape index (κ1) is 19.3. The Morgan fingerprint density at radius 3 is 2.76 bits per heavy atom. The van der Waals surface area contributed by atoms with Crippen LogP contribution in [-0.4, -0.2) is 57.6 Å². The Bertz CT molecular complexity index is 492. The van der Waals surface area contributed by atoms with E-state index in [9.17, 15) is 14.7 Å². The first-order valence-electron chi connectivity index (χ1n) is 9.16. The Labute approximate surface area is 157 Å². The van der Waals surface area contributed by atoms with Crippen LogP contribution in [0.25, 0.3) is 0 Å². The molecule has 6 nitrogen and oxygen atoms in total. The number of esters is 1. The van der Waals surface area contributed by atoms with Crippen molar-refractivity contribution in [2.75, 3.05) is 17.3 Å². The highest BCUT2D eigenvalue weighted by Crippen LogP contribution is 2.36. The number of aliphatic hydroxyl groups is 1. The Morgan fingerprint density at radius 1 is 1.12 bits per heavy atom. The third-order valence-electron chi connectivity index (χ3n) is 4.92. The molecule has 1 amide bonds. The summed E-state index contributed by atoms with van der Waals surface area (Å²) in [5.74, 6) is 1.02. The maximum atomic E-state index is 12.1. The van der Waals surface area contributed by atoms with Crippen molar-refractivity contribution in [2.24, 2.45) is 0 Å². The molecule has 3 heterocycles. The Morgan fingerprint density at radius 2 is 1.96 bits per heavy atom. The number of rotatable bonds is 1. The molecule has 4 atom stereocenters. The molecule has 0 radical (unpaired) electrons. The van der Waals surface area contributed by atoms with Gasteiger partial charge in [-0.15, -0.1) is 0 Å². The molecule has 3 saturated heterocycles. The second kappa shape index (κ2) is 8.97. The lowest BCUT2D eigenvalue weighted by molar-refractivity contribution is -0.283. The lowest BCUT2D eigenvalue weighted by atomic mass is 9.92. The molecule has 3 rings (SSSR count). The molecule has 0 aliphatic carbocycles. The average Bonchev–Trinajstić information content (AvgIpc) is 2.99. The van der Waals surface area contributed by atoms with Gasteiger partial charge in [0.1, 0.15) is 6.10 Å². The van der Waals surface area contributed by atoms with Crippen LogP contribution < -0.4 is 5.32 Å². The van der Waals surface area contributed by atoms with E-state index in [0.717, 1.165) is 55.4 Å². The van der Waals surface area contributed by atoms with E-state index in [4.69, 9.17) is 9.47 Å². The predicted molar refractivity (Wildman–Crippen MR) is 98.7 cm³/mol. The topological polar surface area (TPSA) is 84.9 Å². The number of hydrogen-bond acceptors (Lipinski definition) is 7. The van der Waals surface area contributed by atoms with Gasteiger partial charge in [0.05, 0.1) is 12.1 Å². The summed E-state index contributed by atoms with van der Waals surface area (Å²) in [5, 5.41) is 13.7. The van der Waals surface area contributed by atoms with Crippen molar-refractivity contribution in [2.45, 2.75) is 75.4 Å². The number of hydrogen-bond donors (Lipinski definition) is 2. The maximum Gasteiger partial charge on any atom is 0.306 e. The third-order valence-corrected chi connectivity index (χ3v) is 6.95. The number of thioether (sulfide) groups is 2. The SMILES string of the molecule is O=C1CCCCCSCCC[C@@H]2CC(CC(O)(C3CSC(=O)N3)O2)O1. The third kappa shape index (κ3) is 5.52. The monoisotopic (exact) mass is 389 g/mol. The largest absolute Gasteiger partial charge is 0.462 e. The summed E-state index contributed by atoms with van der Waals surface area (Å²) in [5.41, 5.74) is 0. The molecule has 0 aromatic heterocycles. The lowest BCUT2D eigenvalue weighted by Crippen LogP contribution is -2.58. The minimum Gasteiger partial charge on any atom is -0.462 e. The zero-order valence-corrected chi connectivity index (χ0v) is 16.0. The van der Waals surface area contributed by atoms with Gasteiger partial charge >= 0.3 is 5.97 Å². The maximum absolute atomic E-state index is 12.1. The molecular formula is C17H27NO5S2. The second-order valence-electron chi connectivity index (χ2n) is 7.00. The summed E-state index contributed by atoms with van der Waals surface area (Å²) in [7, 11) is 0. The van der Waals surface area contributed by atoms with Gasteiger partial charge in [0.15, 0.2) is 5.79 Å². The molecule has 2 N–H and O–H groups in total. The van der Waals surface area contributed by atoms with Crippen LogP contribution in [0, 0.1) is 0 Å². The van der Waals surface area contributed by atoms with Crippen LogP contribution in [-0.2, 0) is 14.3 Å². The normalized spacial score (nSPS) is 38.5. The quantitative estimate of drug-likeness (QED) is 0.667. The first-order valence-corrected chi connectivity index (χ1v) is 11.3. The van der Waals surface area contributed by atoms with E-state index in [-0.39, 0.29) is 29.8 Å². The van der Waals surface area contributed by atoms with E-state index in [0.29, 0.717) is 18.6 Å². The summed E-state index contributed by atoms with van der Waals surface area (Å²) in [4.78, 5) is 23.6. The van der Waals surface area contributed by atoms with Crippen LogP contribution in [0.3, 0.4) is 0 Å². The fourth-order valence-corrected chi connectivity index (χ4v) is 5.49. The summed E-state index contributed by atoms with van der Waals surface area (Å²) in [6.45, 7) is 0. The smallest absolute Gasteiger partial charge is 0.306 e. The highest BCUT2D eigenvalue weighted by atomic mass is 32.2. The van der Waals surface area contributed by atoms with Crippen molar-refractivity contribution in [3.63, 3.8) is 0 Å². The summed E-state index contributed by atoms with van der Waals surface area (Å²) in [6.07, 6.45) is 5.65. The van der Waals surface area contributed by atoms with Gasteiger partial charge in [0, 0.05) is 25.0 Å². The van der Waals surface area contributed by atoms with Crippen molar-refractivity contribution >= 4 is 34.7 Å². The van der Waals surface area contributed by atoms with Crippen LogP contribution >= 0.6 is 23.5 Å². The van der Waals surface area contributed by atoms with E-state index in [1.165, 1.54) is 0 Å². The Hall–Kier alpha value is -0.440. The fourth-order valence-electron chi connectivity index (χ4n) is 3.62. The van der Waals surface area contributed by atoms with Crippen LogP contribution in [0.4, 0.5) is 4.79 Å². The van der Waals surface area contributed by atoms with E-state index in [1.54, 1.807) is 0 Å². The number of ether oxygens (including phenoxy) is 2. The highest BCUT2D eigenvalue weighted by Gasteiger charge is 2.49. The molecule has 25 heavy (non-hydrogen) atoms. The van der Waals surface area contributed by atoms with Gasteiger partial charge in [-0.2, -0.15) is 11.8 Å². The highest BCUT2D eigenvalue weighted by molar-refractivity contribution is 8.14. The van der Waals surface area contributed by atoms with E-state index < -0.39 is 11.8 Å². The second-order valence-corrected chi connectivity index (χ2v) is 9.21. The minimum absolute atomic E-state index is 0.142. The molecule has 3 aliphatic rings. The van der Waals surface area contributed by atoms with Gasteiger partial charge in [0.2, 0.25) is 0 Å². The number of nitrogens with one attached hydrogen (secondary N) is 1. The van der Waals surface area contributed by atoms with Gasteiger partial charge in [0.25, 0.3) is 5.24 Å². The zero-order valence-electron chi connectivity index (χ0n) is 14.4. The molecule has 0 aromatic rings. The van der Waals surface area contributed by atoms with Crippen molar-refractivity contribution in [1.29, 1.82) is 0 Å². The minimum atomic E-state index is -1.46. The van der Waals surface area contributed by atoms with Crippen molar-refractivity contribution in [3.05, 3.63) is 0 Å². The van der Waals surface area contributed by atoms with Crippen molar-refractivity contribution in [3.8, 4) is 0 Å². The lowest BCUT2D eigenvalue weighted by Gasteiger charge is -2.43. The molecule has 8 heteroatoms. The van der Waals surface area contributed by atoms with E-state index in [1.807, 2.05) is 11.8 Å². The summed E-state index contributed by atoms with van der Waals surface area (Å²) in [6, 6.07) is -0.456. The molecule has 0 aromatic carbocycles. The molecule has 3 unspecified atom stereocenters. The number of carbonyl (C=O) groups is 2. The van der Waals surface area contributed by atoms with Gasteiger partial charge in [-0.25, -0.2) is 0 Å². The Kier molecular flexibility index (Phi) is 6.93. The van der Waals surface area contributed by atoms with Gasteiger partial charge in [-0.05, 0) is 37.2 Å². The van der Waals surface area contributed by atoms with Crippen LogP contribution in [0.15, 0.2) is 0 Å². The van der Waals surface area contributed by atoms with Crippen LogP contribution in [0.1, 0.15) is 51.4 Å². The molecule has 0 spiro atoms. The fraction of sp³-hybridized carbons (Fsp3) is 0.882. The summed E-state index contributed by atoms with van der Waals surface area (Å²) < 4.78 is 11.6. The number of amides is 1. The van der Waals surface area contributed by atoms with E-state index in [2.05, 4.69) is 5.32 Å². The van der Waals surface area contributed by atoms with Gasteiger partial charge < -0.3 is 19.9 Å². The molecule has 3 aliphatic heterocycles. The van der Waals surface area contributed by atoms with Crippen molar-refractivity contribution in [1.82, 2.24) is 5.32 Å². The zero-order chi connectivity index (χ0) is 17.7. The number of carbonyl (C=O) groups excluding carboxylic acids is 2. The van der Waals surface area contributed by atoms with Gasteiger partial charge in [-0.1, -0.05) is 18.2 Å². The number of fused-ring (bicyclic) bond motifs is 2. The van der Waals surface area contributed by atoms with Gasteiger partial charge in [-0.3, -0.25) is 9.59 Å². The molecule has 3 fully saturated rings. The predicted octanol–water partition coefficient (Wildman–Crippen LogP) is 2.68.